The van der Waals surface area contributed by atoms with Crippen molar-refractivity contribution in [1.82, 2.24) is 4.98 Å². The molecule has 0 N–H and O–H groups in total. The summed E-state index contributed by atoms with van der Waals surface area (Å²) < 4.78 is 4.68. The van der Waals surface area contributed by atoms with Gasteiger partial charge >= 0.3 is 5.97 Å². The molecule has 0 aliphatic heterocycles. The summed E-state index contributed by atoms with van der Waals surface area (Å²) in [5.41, 5.74) is 0.405. The topological polar surface area (TPSA) is 42.4 Å². The van der Waals surface area contributed by atoms with Crippen molar-refractivity contribution >= 4 is 22.4 Å². The molecule has 0 saturated heterocycles. The van der Waals surface area contributed by atoms with Crippen molar-refractivity contribution in [2.24, 2.45) is 0 Å². The Hall–Kier alpha value is -1.10. The first kappa shape index (κ1) is 15.0. The van der Waals surface area contributed by atoms with Gasteiger partial charge in [0.1, 0.15) is 0 Å². The quantitative estimate of drug-likeness (QED) is 0.713. The Balaban J connectivity index is 2.84. The lowest BCUT2D eigenvalue weighted by molar-refractivity contribution is 0.0595. The van der Waals surface area contributed by atoms with Crippen LogP contribution < -0.4 is 4.90 Å². The van der Waals surface area contributed by atoms with Gasteiger partial charge in [0.2, 0.25) is 0 Å². The van der Waals surface area contributed by atoms with Gasteiger partial charge in [0.15, 0.2) is 10.8 Å². The fraction of sp³-hybridized carbons (Fsp3) is 0.692. The monoisotopic (exact) mass is 270 g/mol. The smallest absolute Gasteiger partial charge is 0.357 e. The predicted octanol–water partition coefficient (Wildman–Crippen LogP) is 3.33. The van der Waals surface area contributed by atoms with Crippen molar-refractivity contribution in [2.75, 3.05) is 18.6 Å². The Kier molecular flexibility index (Phi) is 6.12. The number of hydrogen-bond acceptors (Lipinski definition) is 5. The molecule has 1 aromatic heterocycles. The normalized spacial score (nSPS) is 12.2. The average molecular weight is 270 g/mol. The zero-order chi connectivity index (χ0) is 13.5. The maximum Gasteiger partial charge on any atom is 0.357 e. The molecule has 0 amide bonds. The van der Waals surface area contributed by atoms with Crippen LogP contribution in [0.3, 0.4) is 0 Å². The van der Waals surface area contributed by atoms with E-state index in [0.717, 1.165) is 30.9 Å². The van der Waals surface area contributed by atoms with Gasteiger partial charge in [-0.3, -0.25) is 0 Å². The van der Waals surface area contributed by atoms with Gasteiger partial charge in [-0.25, -0.2) is 9.78 Å². The van der Waals surface area contributed by atoms with E-state index in [1.165, 1.54) is 18.4 Å². The number of hydrogen-bond donors (Lipinski definition) is 0. The Morgan fingerprint density at radius 2 is 2.28 bits per heavy atom. The molecule has 0 aliphatic rings. The molecular formula is C13H22N2O2S. The zero-order valence-electron chi connectivity index (χ0n) is 11.6. The lowest BCUT2D eigenvalue weighted by Crippen LogP contribution is -2.33. The van der Waals surface area contributed by atoms with Crippen molar-refractivity contribution in [1.29, 1.82) is 0 Å². The Morgan fingerprint density at radius 1 is 1.56 bits per heavy atom. The van der Waals surface area contributed by atoms with Gasteiger partial charge < -0.3 is 9.64 Å². The number of methoxy groups -OCH3 is 1. The van der Waals surface area contributed by atoms with Crippen molar-refractivity contribution in [2.45, 2.75) is 46.1 Å². The number of carbonyl (C=O) groups is 1. The van der Waals surface area contributed by atoms with Crippen molar-refractivity contribution < 1.29 is 9.53 Å². The van der Waals surface area contributed by atoms with E-state index in [2.05, 4.69) is 35.4 Å². The van der Waals surface area contributed by atoms with Crippen LogP contribution in [0.1, 0.15) is 50.5 Å². The molecule has 1 unspecified atom stereocenters. The van der Waals surface area contributed by atoms with Gasteiger partial charge in [0.05, 0.1) is 7.11 Å². The Labute approximate surface area is 113 Å². The summed E-state index contributed by atoms with van der Waals surface area (Å²) in [6, 6.07) is 0.438. The molecule has 1 aromatic rings. The molecule has 0 aliphatic carbocycles. The second-order valence-corrected chi connectivity index (χ2v) is 5.15. The maximum atomic E-state index is 11.4. The van der Waals surface area contributed by atoms with Crippen molar-refractivity contribution in [3.63, 3.8) is 0 Å². The number of nitrogens with zero attached hydrogens (tertiary/aromatic N) is 2. The van der Waals surface area contributed by atoms with E-state index in [1.54, 1.807) is 5.38 Å². The highest BCUT2D eigenvalue weighted by Crippen LogP contribution is 2.24. The molecule has 1 atom stereocenters. The lowest BCUT2D eigenvalue weighted by atomic mass is 10.2. The molecule has 4 nitrogen and oxygen atoms in total. The van der Waals surface area contributed by atoms with E-state index < -0.39 is 0 Å². The van der Waals surface area contributed by atoms with E-state index >= 15 is 0 Å². The van der Waals surface area contributed by atoms with Crippen molar-refractivity contribution in [3.05, 3.63) is 11.1 Å². The molecule has 18 heavy (non-hydrogen) atoms. The van der Waals surface area contributed by atoms with Crippen LogP contribution in [-0.2, 0) is 4.74 Å². The molecule has 0 aromatic carbocycles. The Morgan fingerprint density at radius 3 is 2.83 bits per heavy atom. The summed E-state index contributed by atoms with van der Waals surface area (Å²) in [4.78, 5) is 18.1. The van der Waals surface area contributed by atoms with Gasteiger partial charge in [-0.05, 0) is 19.8 Å². The minimum absolute atomic E-state index is 0.364. The van der Waals surface area contributed by atoms with Crippen LogP contribution in [0.25, 0.3) is 0 Å². The molecule has 0 spiro atoms. The third-order valence-electron chi connectivity index (χ3n) is 3.01. The summed E-state index contributed by atoms with van der Waals surface area (Å²) in [5.74, 6) is -0.364. The molecule has 0 radical (unpaired) electrons. The average Bonchev–Trinajstić information content (AvgIpc) is 2.87. The molecule has 0 saturated carbocycles. The van der Waals surface area contributed by atoms with Gasteiger partial charge in [0, 0.05) is 18.0 Å². The molecular weight excluding hydrogens is 248 g/mol. The number of anilines is 1. The van der Waals surface area contributed by atoms with Gasteiger partial charge in [-0.15, -0.1) is 11.3 Å². The van der Waals surface area contributed by atoms with Crippen LogP contribution >= 0.6 is 11.3 Å². The predicted molar refractivity (Wildman–Crippen MR) is 75.5 cm³/mol. The lowest BCUT2D eigenvalue weighted by Gasteiger charge is -2.27. The number of carbonyl (C=O) groups excluding carboxylic acids is 1. The highest BCUT2D eigenvalue weighted by atomic mass is 32.1. The Bertz CT molecular complexity index is 379. The van der Waals surface area contributed by atoms with Crippen LogP contribution in [0.5, 0.6) is 0 Å². The first-order valence-electron chi connectivity index (χ1n) is 6.44. The number of unbranched alkanes of at least 4 members (excludes halogenated alkanes) is 1. The van der Waals surface area contributed by atoms with E-state index in [-0.39, 0.29) is 5.97 Å². The molecule has 0 bridgehead atoms. The van der Waals surface area contributed by atoms with Crippen LogP contribution in [0.4, 0.5) is 5.13 Å². The highest BCUT2D eigenvalue weighted by molar-refractivity contribution is 7.13. The second-order valence-electron chi connectivity index (χ2n) is 4.31. The van der Waals surface area contributed by atoms with E-state index in [4.69, 9.17) is 0 Å². The second kappa shape index (κ2) is 7.36. The summed E-state index contributed by atoms with van der Waals surface area (Å²) >= 11 is 1.51. The number of rotatable bonds is 7. The van der Waals surface area contributed by atoms with Crippen LogP contribution in [0.15, 0.2) is 5.38 Å². The maximum absolute atomic E-state index is 11.4. The third kappa shape index (κ3) is 3.70. The van der Waals surface area contributed by atoms with E-state index in [1.807, 2.05) is 0 Å². The van der Waals surface area contributed by atoms with E-state index in [0.29, 0.717) is 11.7 Å². The third-order valence-corrected chi connectivity index (χ3v) is 3.89. The first-order chi connectivity index (χ1) is 8.63. The molecule has 1 rings (SSSR count). The molecule has 0 fully saturated rings. The highest BCUT2D eigenvalue weighted by Gasteiger charge is 2.18. The van der Waals surface area contributed by atoms with E-state index in [9.17, 15) is 4.79 Å². The van der Waals surface area contributed by atoms with Crippen molar-refractivity contribution in [3.8, 4) is 0 Å². The minimum Gasteiger partial charge on any atom is -0.464 e. The fourth-order valence-electron chi connectivity index (χ4n) is 1.65. The number of ether oxygens (including phenoxy) is 1. The number of aromatic nitrogens is 1. The van der Waals surface area contributed by atoms with Crippen LogP contribution in [-0.4, -0.2) is 30.6 Å². The summed E-state index contributed by atoms with van der Waals surface area (Å²) in [6.45, 7) is 7.52. The van der Waals surface area contributed by atoms with Gasteiger partial charge in [0.25, 0.3) is 0 Å². The first-order valence-corrected chi connectivity index (χ1v) is 7.32. The van der Waals surface area contributed by atoms with Gasteiger partial charge in [-0.1, -0.05) is 20.3 Å². The molecule has 5 heteroatoms. The zero-order valence-corrected chi connectivity index (χ0v) is 12.4. The minimum atomic E-state index is -0.364. The standard InChI is InChI=1S/C13H22N2O2S/c1-5-7-8-15(10(3)6-2)13-14-11(9-18-13)12(16)17-4/h9-10H,5-8H2,1-4H3. The van der Waals surface area contributed by atoms with Crippen LogP contribution in [0.2, 0.25) is 0 Å². The number of esters is 1. The summed E-state index contributed by atoms with van der Waals surface area (Å²) in [5, 5.41) is 2.68. The van der Waals surface area contributed by atoms with Gasteiger partial charge in [-0.2, -0.15) is 0 Å². The summed E-state index contributed by atoms with van der Waals surface area (Å²) in [7, 11) is 1.38. The largest absolute Gasteiger partial charge is 0.464 e. The number of thiazole rings is 1. The summed E-state index contributed by atoms with van der Waals surface area (Å²) in [6.07, 6.45) is 3.36. The SMILES string of the molecule is CCCCN(c1nc(C(=O)OC)cs1)C(C)CC. The fourth-order valence-corrected chi connectivity index (χ4v) is 2.57. The molecule has 102 valence electrons. The van der Waals surface area contributed by atoms with Crippen LogP contribution in [0, 0.1) is 0 Å². The molecule has 1 heterocycles.